The Morgan fingerprint density at radius 1 is 1.15 bits per heavy atom. The highest BCUT2D eigenvalue weighted by molar-refractivity contribution is 5.59. The van der Waals surface area contributed by atoms with Gasteiger partial charge < -0.3 is 15.0 Å². The lowest BCUT2D eigenvalue weighted by Gasteiger charge is -2.12. The van der Waals surface area contributed by atoms with Gasteiger partial charge in [0.2, 0.25) is 0 Å². The predicted molar refractivity (Wildman–Crippen MR) is 72.7 cm³/mol. The summed E-state index contributed by atoms with van der Waals surface area (Å²) in [6, 6.07) is 7.97. The molecule has 1 N–H and O–H groups in total. The zero-order valence-corrected chi connectivity index (χ0v) is 11.0. The summed E-state index contributed by atoms with van der Waals surface area (Å²) in [5.41, 5.74) is 0.718. The number of nitrogens with one attached hydrogen (secondary N) is 1. The van der Waals surface area contributed by atoms with Crippen LogP contribution in [0.3, 0.4) is 0 Å². The molecule has 0 atom stereocenters. The molecule has 1 heterocycles. The first-order chi connectivity index (χ1) is 9.54. The molecule has 2 aromatic rings. The van der Waals surface area contributed by atoms with Gasteiger partial charge in [-0.15, -0.1) is 0 Å². The van der Waals surface area contributed by atoms with Gasteiger partial charge in [0.15, 0.2) is 0 Å². The smallest absolute Gasteiger partial charge is 0.387 e. The number of ether oxygens (including phenoxy) is 1. The topological polar surface area (TPSA) is 50.3 Å². The zero-order chi connectivity index (χ0) is 14.5. The molecule has 0 aliphatic heterocycles. The van der Waals surface area contributed by atoms with Gasteiger partial charge in [0.05, 0.1) is 0 Å². The minimum Gasteiger partial charge on any atom is -0.435 e. The highest BCUT2D eigenvalue weighted by Crippen LogP contribution is 2.21. The second-order valence-corrected chi connectivity index (χ2v) is 4.18. The molecule has 5 nitrogen and oxygen atoms in total. The third-order valence-corrected chi connectivity index (χ3v) is 2.46. The molecule has 2 rings (SSSR count). The minimum atomic E-state index is -2.82. The van der Waals surface area contributed by atoms with E-state index in [1.54, 1.807) is 18.2 Å². The third kappa shape index (κ3) is 3.78. The number of benzene rings is 1. The second kappa shape index (κ2) is 6.14. The van der Waals surface area contributed by atoms with Crippen molar-refractivity contribution in [3.05, 3.63) is 36.7 Å². The molecule has 0 aliphatic rings. The first-order valence-electron chi connectivity index (χ1n) is 5.86. The molecule has 20 heavy (non-hydrogen) atoms. The van der Waals surface area contributed by atoms with Gasteiger partial charge in [-0.2, -0.15) is 8.78 Å². The van der Waals surface area contributed by atoms with Crippen LogP contribution < -0.4 is 15.0 Å². The molecular formula is C13H14F2N4O. The quantitative estimate of drug-likeness (QED) is 0.912. The SMILES string of the molecule is CN(C)c1cc(Nc2ccc(OC(F)F)cc2)ncn1. The van der Waals surface area contributed by atoms with Crippen molar-refractivity contribution in [2.24, 2.45) is 0 Å². The van der Waals surface area contributed by atoms with E-state index in [2.05, 4.69) is 20.0 Å². The summed E-state index contributed by atoms with van der Waals surface area (Å²) in [6.07, 6.45) is 1.45. The summed E-state index contributed by atoms with van der Waals surface area (Å²) in [7, 11) is 3.76. The van der Waals surface area contributed by atoms with Gasteiger partial charge in [-0.3, -0.25) is 0 Å². The van der Waals surface area contributed by atoms with E-state index in [0.717, 1.165) is 11.5 Å². The van der Waals surface area contributed by atoms with Crippen molar-refractivity contribution < 1.29 is 13.5 Å². The molecular weight excluding hydrogens is 266 g/mol. The summed E-state index contributed by atoms with van der Waals surface area (Å²) in [5, 5.41) is 3.06. The molecule has 0 radical (unpaired) electrons. The van der Waals surface area contributed by atoms with Gasteiger partial charge in [0, 0.05) is 25.8 Å². The summed E-state index contributed by atoms with van der Waals surface area (Å²) >= 11 is 0. The van der Waals surface area contributed by atoms with Crippen LogP contribution in [0.25, 0.3) is 0 Å². The maximum Gasteiger partial charge on any atom is 0.387 e. The Balaban J connectivity index is 2.08. The summed E-state index contributed by atoms with van der Waals surface area (Å²) in [5.74, 6) is 1.49. The van der Waals surface area contributed by atoms with Gasteiger partial charge in [0.25, 0.3) is 0 Å². The number of rotatable bonds is 5. The predicted octanol–water partition coefficient (Wildman–Crippen LogP) is 2.89. The number of hydrogen-bond acceptors (Lipinski definition) is 5. The fourth-order valence-corrected chi connectivity index (χ4v) is 1.53. The highest BCUT2D eigenvalue weighted by Gasteiger charge is 2.04. The van der Waals surface area contributed by atoms with E-state index in [4.69, 9.17) is 0 Å². The average Bonchev–Trinajstić information content (AvgIpc) is 2.41. The normalized spacial score (nSPS) is 10.4. The Morgan fingerprint density at radius 3 is 2.45 bits per heavy atom. The van der Waals surface area contributed by atoms with E-state index in [1.807, 2.05) is 19.0 Å². The summed E-state index contributed by atoms with van der Waals surface area (Å²) < 4.78 is 28.3. The number of halogens is 2. The minimum absolute atomic E-state index is 0.113. The fraction of sp³-hybridized carbons (Fsp3) is 0.231. The number of aromatic nitrogens is 2. The van der Waals surface area contributed by atoms with Crippen molar-refractivity contribution >= 4 is 17.3 Å². The third-order valence-electron chi connectivity index (χ3n) is 2.46. The Hall–Kier alpha value is -2.44. The first-order valence-corrected chi connectivity index (χ1v) is 5.86. The molecule has 0 bridgehead atoms. The van der Waals surface area contributed by atoms with Crippen LogP contribution in [0.4, 0.5) is 26.1 Å². The molecule has 0 spiro atoms. The van der Waals surface area contributed by atoms with Crippen LogP contribution in [0.15, 0.2) is 36.7 Å². The van der Waals surface area contributed by atoms with Gasteiger partial charge >= 0.3 is 6.61 Å². The molecule has 1 aromatic carbocycles. The van der Waals surface area contributed by atoms with Gasteiger partial charge in [0.1, 0.15) is 23.7 Å². The van der Waals surface area contributed by atoms with Crippen molar-refractivity contribution in [2.75, 3.05) is 24.3 Å². The standard InChI is InChI=1S/C13H14F2N4O/c1-19(2)12-7-11(16-8-17-12)18-9-3-5-10(6-4-9)20-13(14)15/h3-8,13H,1-2H3,(H,16,17,18). The molecule has 1 aromatic heterocycles. The Morgan fingerprint density at radius 2 is 1.85 bits per heavy atom. The van der Waals surface area contributed by atoms with Crippen LogP contribution in [0.2, 0.25) is 0 Å². The Kier molecular flexibility index (Phi) is 4.29. The van der Waals surface area contributed by atoms with E-state index in [0.29, 0.717) is 5.82 Å². The lowest BCUT2D eigenvalue weighted by Crippen LogP contribution is -2.11. The molecule has 0 unspecified atom stereocenters. The van der Waals surface area contributed by atoms with Gasteiger partial charge in [-0.25, -0.2) is 9.97 Å². The van der Waals surface area contributed by atoms with E-state index < -0.39 is 6.61 Å². The molecule has 0 saturated heterocycles. The molecule has 106 valence electrons. The Labute approximate surface area is 115 Å². The van der Waals surface area contributed by atoms with Gasteiger partial charge in [-0.05, 0) is 24.3 Å². The largest absolute Gasteiger partial charge is 0.435 e. The summed E-state index contributed by atoms with van der Waals surface area (Å²) in [6.45, 7) is -2.82. The maximum absolute atomic E-state index is 12.0. The van der Waals surface area contributed by atoms with Crippen LogP contribution in [0.1, 0.15) is 0 Å². The van der Waals surface area contributed by atoms with E-state index in [1.165, 1.54) is 18.5 Å². The average molecular weight is 280 g/mol. The van der Waals surface area contributed by atoms with Crippen LogP contribution in [0, 0.1) is 0 Å². The molecule has 0 fully saturated rings. The lowest BCUT2D eigenvalue weighted by atomic mass is 10.3. The van der Waals surface area contributed by atoms with E-state index in [9.17, 15) is 8.78 Å². The number of alkyl halides is 2. The highest BCUT2D eigenvalue weighted by atomic mass is 19.3. The molecule has 0 aliphatic carbocycles. The van der Waals surface area contributed by atoms with Crippen molar-refractivity contribution in [3.63, 3.8) is 0 Å². The van der Waals surface area contributed by atoms with Crippen molar-refractivity contribution in [2.45, 2.75) is 6.61 Å². The monoisotopic (exact) mass is 280 g/mol. The van der Waals surface area contributed by atoms with Crippen LogP contribution in [-0.4, -0.2) is 30.7 Å². The summed E-state index contributed by atoms with van der Waals surface area (Å²) in [4.78, 5) is 10.0. The Bertz CT molecular complexity index is 561. The second-order valence-electron chi connectivity index (χ2n) is 4.18. The number of hydrogen-bond donors (Lipinski definition) is 1. The molecule has 0 amide bonds. The fourth-order valence-electron chi connectivity index (χ4n) is 1.53. The van der Waals surface area contributed by atoms with Crippen molar-refractivity contribution in [3.8, 4) is 5.75 Å². The van der Waals surface area contributed by atoms with Crippen LogP contribution in [-0.2, 0) is 0 Å². The lowest BCUT2D eigenvalue weighted by molar-refractivity contribution is -0.0498. The van der Waals surface area contributed by atoms with Crippen molar-refractivity contribution in [1.29, 1.82) is 0 Å². The van der Waals surface area contributed by atoms with Crippen molar-refractivity contribution in [1.82, 2.24) is 9.97 Å². The van der Waals surface area contributed by atoms with Crippen LogP contribution >= 0.6 is 0 Å². The molecule has 0 saturated carbocycles. The maximum atomic E-state index is 12.0. The van der Waals surface area contributed by atoms with Crippen LogP contribution in [0.5, 0.6) is 5.75 Å². The zero-order valence-electron chi connectivity index (χ0n) is 11.0. The van der Waals surface area contributed by atoms with Gasteiger partial charge in [-0.1, -0.05) is 0 Å². The number of nitrogens with zero attached hydrogens (tertiary/aromatic N) is 3. The van der Waals surface area contributed by atoms with E-state index in [-0.39, 0.29) is 5.75 Å². The molecule has 7 heteroatoms. The van der Waals surface area contributed by atoms with E-state index >= 15 is 0 Å². The number of anilines is 3. The first kappa shape index (κ1) is 14.0.